The lowest BCUT2D eigenvalue weighted by Gasteiger charge is -2.06. The third-order valence-corrected chi connectivity index (χ3v) is 4.75. The summed E-state index contributed by atoms with van der Waals surface area (Å²) in [6.07, 6.45) is 1.46. The summed E-state index contributed by atoms with van der Waals surface area (Å²) >= 11 is 4.27. The van der Waals surface area contributed by atoms with E-state index in [1.807, 2.05) is 0 Å². The predicted octanol–water partition coefficient (Wildman–Crippen LogP) is 2.56. The van der Waals surface area contributed by atoms with E-state index in [1.54, 1.807) is 4.72 Å². The van der Waals surface area contributed by atoms with Crippen molar-refractivity contribution in [1.29, 1.82) is 0 Å². The van der Waals surface area contributed by atoms with Crippen LogP contribution in [0.2, 0.25) is 0 Å². The van der Waals surface area contributed by atoms with Crippen LogP contribution in [0.25, 0.3) is 0 Å². The van der Waals surface area contributed by atoms with E-state index in [4.69, 9.17) is 0 Å². The number of halogens is 2. The van der Waals surface area contributed by atoms with Crippen LogP contribution in [0.1, 0.15) is 0 Å². The van der Waals surface area contributed by atoms with Crippen molar-refractivity contribution in [3.63, 3.8) is 0 Å². The number of nitrogens with zero attached hydrogens (tertiary/aromatic N) is 1. The average molecular weight is 380 g/mol. The van der Waals surface area contributed by atoms with Gasteiger partial charge in [-0.25, -0.2) is 27.3 Å². The molecule has 2 aromatic rings. The van der Waals surface area contributed by atoms with Gasteiger partial charge in [0.15, 0.2) is 5.13 Å². The summed E-state index contributed by atoms with van der Waals surface area (Å²) in [6, 6.07) is 3.36. The Balaban J connectivity index is 2.10. The Morgan fingerprint density at radius 3 is 2.75 bits per heavy atom. The third-order valence-electron chi connectivity index (χ3n) is 2.03. The van der Waals surface area contributed by atoms with Crippen LogP contribution in [0, 0.1) is 5.82 Å². The lowest BCUT2D eigenvalue weighted by molar-refractivity contribution is 0.256. The number of amides is 2. The number of benzene rings is 1. The van der Waals surface area contributed by atoms with Crippen molar-refractivity contribution in [3.05, 3.63) is 40.1 Å². The molecule has 20 heavy (non-hydrogen) atoms. The number of rotatable bonds is 3. The smallest absolute Gasteiger partial charge is 0.283 e. The first-order chi connectivity index (χ1) is 9.37. The SMILES string of the molecule is O=C(Nc1ncc(Br)s1)NS(=O)(=O)c1cccc(F)c1. The monoisotopic (exact) mass is 379 g/mol. The van der Waals surface area contributed by atoms with Crippen molar-refractivity contribution in [3.8, 4) is 0 Å². The van der Waals surface area contributed by atoms with Gasteiger partial charge in [-0.1, -0.05) is 17.4 Å². The Kier molecular flexibility index (Phi) is 4.35. The Hall–Kier alpha value is -1.52. The largest absolute Gasteiger partial charge is 0.334 e. The van der Waals surface area contributed by atoms with Gasteiger partial charge in [0.1, 0.15) is 5.82 Å². The van der Waals surface area contributed by atoms with Crippen LogP contribution < -0.4 is 10.0 Å². The minimum atomic E-state index is -4.13. The highest BCUT2D eigenvalue weighted by Gasteiger charge is 2.18. The molecule has 1 aromatic carbocycles. The minimum Gasteiger partial charge on any atom is -0.283 e. The highest BCUT2D eigenvalue weighted by atomic mass is 79.9. The van der Waals surface area contributed by atoms with Crippen molar-refractivity contribution < 1.29 is 17.6 Å². The highest BCUT2D eigenvalue weighted by molar-refractivity contribution is 9.11. The van der Waals surface area contributed by atoms with E-state index < -0.39 is 21.9 Å². The van der Waals surface area contributed by atoms with Gasteiger partial charge in [-0.05, 0) is 34.1 Å². The maximum atomic E-state index is 13.0. The molecule has 0 aliphatic rings. The maximum Gasteiger partial charge on any atom is 0.334 e. The molecular formula is C10H7BrFN3O3S2. The molecule has 0 aliphatic heterocycles. The number of hydrogen-bond acceptors (Lipinski definition) is 5. The standard InChI is InChI=1S/C10H7BrFN3O3S2/c11-8-5-13-10(19-8)14-9(16)15-20(17,18)7-3-1-2-6(12)4-7/h1-5H,(H2,13,14,15,16). The summed E-state index contributed by atoms with van der Waals surface area (Å²) in [5, 5.41) is 2.48. The van der Waals surface area contributed by atoms with Crippen LogP contribution in [0.4, 0.5) is 14.3 Å². The van der Waals surface area contributed by atoms with Gasteiger partial charge < -0.3 is 0 Å². The number of aromatic nitrogens is 1. The van der Waals surface area contributed by atoms with Gasteiger partial charge in [-0.2, -0.15) is 0 Å². The molecule has 1 aromatic heterocycles. The number of carbonyl (C=O) groups excluding carboxylic acids is 1. The number of sulfonamides is 1. The molecule has 0 bridgehead atoms. The second-order valence-corrected chi connectivity index (χ2v) is 7.58. The van der Waals surface area contributed by atoms with Crippen LogP contribution in [0.5, 0.6) is 0 Å². The zero-order chi connectivity index (χ0) is 14.8. The molecule has 10 heteroatoms. The third kappa shape index (κ3) is 3.74. The first-order valence-corrected chi connectivity index (χ1v) is 8.17. The van der Waals surface area contributed by atoms with Crippen molar-refractivity contribution in [2.45, 2.75) is 4.90 Å². The fourth-order valence-corrected chi connectivity index (χ4v) is 3.29. The van der Waals surface area contributed by atoms with Crippen LogP contribution in [0.3, 0.4) is 0 Å². The zero-order valence-corrected chi connectivity index (χ0v) is 12.9. The van der Waals surface area contributed by atoms with Crippen LogP contribution in [-0.4, -0.2) is 19.4 Å². The van der Waals surface area contributed by atoms with E-state index >= 15 is 0 Å². The lowest BCUT2D eigenvalue weighted by atomic mass is 10.4. The number of anilines is 1. The zero-order valence-electron chi connectivity index (χ0n) is 9.63. The Morgan fingerprint density at radius 1 is 1.40 bits per heavy atom. The molecule has 2 N–H and O–H groups in total. The number of carbonyl (C=O) groups is 1. The Labute approximate surface area is 126 Å². The number of thiazole rings is 1. The van der Waals surface area contributed by atoms with E-state index in [9.17, 15) is 17.6 Å². The molecule has 0 atom stereocenters. The fourth-order valence-electron chi connectivity index (χ4n) is 1.25. The molecule has 0 unspecified atom stereocenters. The summed E-state index contributed by atoms with van der Waals surface area (Å²) < 4.78 is 39.1. The molecular weight excluding hydrogens is 373 g/mol. The van der Waals surface area contributed by atoms with E-state index in [0.717, 1.165) is 23.5 Å². The molecule has 6 nitrogen and oxygen atoms in total. The van der Waals surface area contributed by atoms with Gasteiger partial charge in [0.05, 0.1) is 14.9 Å². The van der Waals surface area contributed by atoms with Crippen LogP contribution in [0.15, 0.2) is 39.1 Å². The molecule has 0 saturated heterocycles. The summed E-state index contributed by atoms with van der Waals surface area (Å²) in [5.74, 6) is -0.711. The molecule has 2 rings (SSSR count). The Morgan fingerprint density at radius 2 is 2.15 bits per heavy atom. The van der Waals surface area contributed by atoms with Crippen molar-refractivity contribution in [2.75, 3.05) is 5.32 Å². The molecule has 106 valence electrons. The lowest BCUT2D eigenvalue weighted by Crippen LogP contribution is -2.34. The topological polar surface area (TPSA) is 88.2 Å². The van der Waals surface area contributed by atoms with E-state index in [2.05, 4.69) is 26.2 Å². The summed E-state index contributed by atoms with van der Waals surface area (Å²) in [4.78, 5) is 15.0. The first kappa shape index (κ1) is 14.9. The molecule has 0 saturated carbocycles. The van der Waals surface area contributed by atoms with Gasteiger partial charge in [0.2, 0.25) is 0 Å². The van der Waals surface area contributed by atoms with Gasteiger partial charge in [0, 0.05) is 0 Å². The first-order valence-electron chi connectivity index (χ1n) is 5.07. The second-order valence-electron chi connectivity index (χ2n) is 3.49. The Bertz CT molecular complexity index is 748. The van der Waals surface area contributed by atoms with E-state index in [1.165, 1.54) is 18.3 Å². The minimum absolute atomic E-state index is 0.226. The summed E-state index contributed by atoms with van der Waals surface area (Å²) in [7, 11) is -4.13. The normalized spacial score (nSPS) is 11.1. The fraction of sp³-hybridized carbons (Fsp3) is 0. The van der Waals surface area contributed by atoms with Crippen molar-refractivity contribution >= 4 is 48.5 Å². The molecule has 0 aliphatic carbocycles. The second kappa shape index (κ2) is 5.85. The molecule has 0 spiro atoms. The molecule has 0 radical (unpaired) electrons. The molecule has 2 amide bonds. The average Bonchev–Trinajstić information content (AvgIpc) is 2.73. The highest BCUT2D eigenvalue weighted by Crippen LogP contribution is 2.23. The number of hydrogen-bond donors (Lipinski definition) is 2. The van der Waals surface area contributed by atoms with Crippen LogP contribution in [-0.2, 0) is 10.0 Å². The summed E-state index contributed by atoms with van der Waals surface area (Å²) in [5.41, 5.74) is 0. The van der Waals surface area contributed by atoms with Gasteiger partial charge >= 0.3 is 6.03 Å². The predicted molar refractivity (Wildman–Crippen MR) is 75.6 cm³/mol. The van der Waals surface area contributed by atoms with Crippen LogP contribution >= 0.6 is 27.3 Å². The van der Waals surface area contributed by atoms with Crippen molar-refractivity contribution in [1.82, 2.24) is 9.71 Å². The maximum absolute atomic E-state index is 13.0. The summed E-state index contributed by atoms with van der Waals surface area (Å²) in [6.45, 7) is 0. The molecule has 0 fully saturated rings. The number of nitrogens with one attached hydrogen (secondary N) is 2. The molecule has 1 heterocycles. The quantitative estimate of drug-likeness (QED) is 0.857. The van der Waals surface area contributed by atoms with Gasteiger partial charge in [-0.15, -0.1) is 0 Å². The van der Waals surface area contributed by atoms with Gasteiger partial charge in [0.25, 0.3) is 10.0 Å². The number of urea groups is 1. The van der Waals surface area contributed by atoms with E-state index in [-0.39, 0.29) is 10.0 Å². The van der Waals surface area contributed by atoms with Gasteiger partial charge in [-0.3, -0.25) is 5.32 Å². The van der Waals surface area contributed by atoms with E-state index in [0.29, 0.717) is 3.79 Å². The van der Waals surface area contributed by atoms with Crippen molar-refractivity contribution in [2.24, 2.45) is 0 Å².